The number of nitrogens with zero attached hydrogens (tertiary/aromatic N) is 4. The summed E-state index contributed by atoms with van der Waals surface area (Å²) in [6.45, 7) is 1.68. The molecular weight excluding hydrogens is 288 g/mol. The van der Waals surface area contributed by atoms with Crippen molar-refractivity contribution >= 4 is 16.9 Å². The van der Waals surface area contributed by atoms with E-state index in [0.29, 0.717) is 5.56 Å². The molecule has 114 valence electrons. The summed E-state index contributed by atoms with van der Waals surface area (Å²) in [7, 11) is 0. The first-order valence-electron chi connectivity index (χ1n) is 7.80. The SMILES string of the molecule is N#Cc1cccnc1N1CCCC(c2nc3ccccc3o2)C1. The molecule has 0 bridgehead atoms. The van der Waals surface area contributed by atoms with E-state index in [9.17, 15) is 5.26 Å². The van der Waals surface area contributed by atoms with Gasteiger partial charge in [-0.2, -0.15) is 5.26 Å². The number of benzene rings is 1. The molecule has 4 rings (SSSR count). The lowest BCUT2D eigenvalue weighted by Crippen LogP contribution is -2.35. The average molecular weight is 304 g/mol. The molecule has 0 radical (unpaired) electrons. The number of aromatic nitrogens is 2. The second-order valence-corrected chi connectivity index (χ2v) is 5.79. The van der Waals surface area contributed by atoms with Gasteiger partial charge in [0.1, 0.15) is 17.4 Å². The number of hydrogen-bond donors (Lipinski definition) is 0. The van der Waals surface area contributed by atoms with Gasteiger partial charge in [0.2, 0.25) is 0 Å². The smallest absolute Gasteiger partial charge is 0.200 e. The van der Waals surface area contributed by atoms with Crippen molar-refractivity contribution in [3.05, 3.63) is 54.0 Å². The highest BCUT2D eigenvalue weighted by atomic mass is 16.3. The minimum Gasteiger partial charge on any atom is -0.440 e. The van der Waals surface area contributed by atoms with E-state index in [0.717, 1.165) is 48.7 Å². The first-order valence-corrected chi connectivity index (χ1v) is 7.80. The van der Waals surface area contributed by atoms with Crippen LogP contribution in [-0.4, -0.2) is 23.1 Å². The van der Waals surface area contributed by atoms with Crippen LogP contribution >= 0.6 is 0 Å². The second-order valence-electron chi connectivity index (χ2n) is 5.79. The molecule has 3 heterocycles. The van der Waals surface area contributed by atoms with Crippen LogP contribution < -0.4 is 4.90 Å². The van der Waals surface area contributed by atoms with Gasteiger partial charge in [-0.25, -0.2) is 9.97 Å². The molecule has 2 aromatic heterocycles. The molecule has 0 aliphatic carbocycles. The van der Waals surface area contributed by atoms with Crippen LogP contribution in [0, 0.1) is 11.3 Å². The summed E-state index contributed by atoms with van der Waals surface area (Å²) in [5.41, 5.74) is 2.34. The van der Waals surface area contributed by atoms with Crippen LogP contribution in [0.15, 0.2) is 47.0 Å². The van der Waals surface area contributed by atoms with Gasteiger partial charge < -0.3 is 9.32 Å². The Kier molecular flexibility index (Phi) is 3.43. The molecule has 1 saturated heterocycles. The molecule has 5 nitrogen and oxygen atoms in total. The van der Waals surface area contributed by atoms with Gasteiger partial charge in [0.15, 0.2) is 11.5 Å². The Labute approximate surface area is 134 Å². The van der Waals surface area contributed by atoms with Gasteiger partial charge in [-0.1, -0.05) is 12.1 Å². The number of hydrogen-bond acceptors (Lipinski definition) is 5. The Hall–Kier alpha value is -2.87. The Balaban J connectivity index is 1.63. The van der Waals surface area contributed by atoms with Crippen molar-refractivity contribution in [2.45, 2.75) is 18.8 Å². The zero-order valence-corrected chi connectivity index (χ0v) is 12.6. The Morgan fingerprint density at radius 1 is 1.22 bits per heavy atom. The van der Waals surface area contributed by atoms with Crippen LogP contribution in [-0.2, 0) is 0 Å². The quantitative estimate of drug-likeness (QED) is 0.725. The molecule has 0 N–H and O–H groups in total. The molecule has 1 aromatic carbocycles. The predicted octanol–water partition coefficient (Wildman–Crippen LogP) is 3.48. The molecular formula is C18H16N4O. The van der Waals surface area contributed by atoms with Gasteiger partial charge in [-0.15, -0.1) is 0 Å². The highest BCUT2D eigenvalue weighted by Gasteiger charge is 2.27. The Bertz CT molecular complexity index is 847. The molecule has 1 unspecified atom stereocenters. The van der Waals surface area contributed by atoms with Crippen molar-refractivity contribution in [2.75, 3.05) is 18.0 Å². The normalized spacial score (nSPS) is 18.0. The summed E-state index contributed by atoms with van der Waals surface area (Å²) in [5, 5.41) is 9.28. The van der Waals surface area contributed by atoms with Gasteiger partial charge in [-0.05, 0) is 37.1 Å². The third-order valence-electron chi connectivity index (χ3n) is 4.29. The highest BCUT2D eigenvalue weighted by Crippen LogP contribution is 2.31. The number of para-hydroxylation sites is 2. The number of rotatable bonds is 2. The van der Waals surface area contributed by atoms with E-state index in [1.54, 1.807) is 12.3 Å². The molecule has 5 heteroatoms. The van der Waals surface area contributed by atoms with Crippen LogP contribution in [0.3, 0.4) is 0 Å². The lowest BCUT2D eigenvalue weighted by Gasteiger charge is -2.32. The van der Waals surface area contributed by atoms with Crippen molar-refractivity contribution in [1.82, 2.24) is 9.97 Å². The maximum Gasteiger partial charge on any atom is 0.200 e. The van der Waals surface area contributed by atoms with E-state index in [1.807, 2.05) is 30.3 Å². The monoisotopic (exact) mass is 304 g/mol. The molecule has 23 heavy (non-hydrogen) atoms. The lowest BCUT2D eigenvalue weighted by atomic mass is 9.97. The van der Waals surface area contributed by atoms with Gasteiger partial charge in [0.05, 0.1) is 11.5 Å². The van der Waals surface area contributed by atoms with Crippen LogP contribution in [0.1, 0.15) is 30.2 Å². The minimum absolute atomic E-state index is 0.227. The first kappa shape index (κ1) is 13.8. The number of piperidine rings is 1. The van der Waals surface area contributed by atoms with E-state index in [4.69, 9.17) is 4.42 Å². The molecule has 0 saturated carbocycles. The van der Waals surface area contributed by atoms with Gasteiger partial charge >= 0.3 is 0 Å². The molecule has 0 amide bonds. The number of fused-ring (bicyclic) bond motifs is 1. The molecule has 3 aromatic rings. The molecule has 0 spiro atoms. The predicted molar refractivity (Wildman–Crippen MR) is 87.1 cm³/mol. The number of nitriles is 1. The number of oxazole rings is 1. The molecule has 1 aliphatic heterocycles. The maximum atomic E-state index is 9.28. The summed E-state index contributed by atoms with van der Waals surface area (Å²) in [4.78, 5) is 11.2. The van der Waals surface area contributed by atoms with E-state index in [1.165, 1.54) is 0 Å². The largest absolute Gasteiger partial charge is 0.440 e. The van der Waals surface area contributed by atoms with Crippen molar-refractivity contribution in [3.8, 4) is 6.07 Å². The van der Waals surface area contributed by atoms with Gasteiger partial charge in [0.25, 0.3) is 0 Å². The summed E-state index contributed by atoms with van der Waals surface area (Å²) in [5.74, 6) is 1.77. The van der Waals surface area contributed by atoms with Gasteiger partial charge in [-0.3, -0.25) is 0 Å². The second kappa shape index (κ2) is 5.73. The van der Waals surface area contributed by atoms with E-state index in [2.05, 4.69) is 20.9 Å². The van der Waals surface area contributed by atoms with Crippen molar-refractivity contribution < 1.29 is 4.42 Å². The summed E-state index contributed by atoms with van der Waals surface area (Å²) in [6, 6.07) is 13.7. The molecule has 1 aliphatic rings. The Morgan fingerprint density at radius 2 is 2.13 bits per heavy atom. The third-order valence-corrected chi connectivity index (χ3v) is 4.29. The lowest BCUT2D eigenvalue weighted by molar-refractivity contribution is 0.412. The maximum absolute atomic E-state index is 9.28. The topological polar surface area (TPSA) is 66.0 Å². The van der Waals surface area contributed by atoms with Crippen molar-refractivity contribution in [3.63, 3.8) is 0 Å². The third kappa shape index (κ3) is 2.53. The molecule has 1 fully saturated rings. The zero-order valence-electron chi connectivity index (χ0n) is 12.6. The first-order chi connectivity index (χ1) is 11.3. The Morgan fingerprint density at radius 3 is 3.00 bits per heavy atom. The van der Waals surface area contributed by atoms with Crippen LogP contribution in [0.2, 0.25) is 0 Å². The van der Waals surface area contributed by atoms with Crippen molar-refractivity contribution in [1.29, 1.82) is 5.26 Å². The number of pyridine rings is 1. The van der Waals surface area contributed by atoms with Crippen LogP contribution in [0.5, 0.6) is 0 Å². The van der Waals surface area contributed by atoms with Crippen LogP contribution in [0.25, 0.3) is 11.1 Å². The highest BCUT2D eigenvalue weighted by molar-refractivity contribution is 5.72. The van der Waals surface area contributed by atoms with Gasteiger partial charge in [0, 0.05) is 19.3 Å². The van der Waals surface area contributed by atoms with Crippen LogP contribution in [0.4, 0.5) is 5.82 Å². The molecule has 1 atom stereocenters. The number of anilines is 1. The van der Waals surface area contributed by atoms with Crippen molar-refractivity contribution in [2.24, 2.45) is 0 Å². The standard InChI is InChI=1S/C18H16N4O/c19-11-13-5-3-9-20-17(13)22-10-4-6-14(12-22)18-21-15-7-1-2-8-16(15)23-18/h1-3,5,7-9,14H,4,6,10,12H2. The minimum atomic E-state index is 0.227. The van der Waals surface area contributed by atoms with E-state index in [-0.39, 0.29) is 5.92 Å². The fraction of sp³-hybridized carbons (Fsp3) is 0.278. The van der Waals surface area contributed by atoms with E-state index >= 15 is 0 Å². The summed E-state index contributed by atoms with van der Waals surface area (Å²) in [6.07, 6.45) is 3.81. The fourth-order valence-corrected chi connectivity index (χ4v) is 3.17. The summed E-state index contributed by atoms with van der Waals surface area (Å²) < 4.78 is 5.93. The van der Waals surface area contributed by atoms with E-state index < -0.39 is 0 Å². The zero-order chi connectivity index (χ0) is 15.6. The summed E-state index contributed by atoms with van der Waals surface area (Å²) >= 11 is 0. The average Bonchev–Trinajstić information content (AvgIpc) is 3.06. The fourth-order valence-electron chi connectivity index (χ4n) is 3.17.